The fourth-order valence-electron chi connectivity index (χ4n) is 2.77. The largest absolute Gasteiger partial charge is 0.382 e. The van der Waals surface area contributed by atoms with Crippen LogP contribution in [0.15, 0.2) is 48.7 Å². The van der Waals surface area contributed by atoms with Crippen molar-refractivity contribution in [1.82, 2.24) is 20.1 Å². The number of anilines is 1. The Bertz CT molecular complexity index is 1070. The monoisotopic (exact) mass is 389 g/mol. The first-order valence-electron chi connectivity index (χ1n) is 8.88. The van der Waals surface area contributed by atoms with Crippen LogP contribution in [0.4, 0.5) is 5.82 Å². The summed E-state index contributed by atoms with van der Waals surface area (Å²) in [5.74, 6) is -0.679. The molecular weight excluding hydrogens is 370 g/mol. The van der Waals surface area contributed by atoms with Crippen molar-refractivity contribution in [2.75, 3.05) is 12.3 Å². The first-order valence-corrected chi connectivity index (χ1v) is 8.88. The maximum absolute atomic E-state index is 12.1. The third-order valence-electron chi connectivity index (χ3n) is 4.26. The van der Waals surface area contributed by atoms with Crippen molar-refractivity contribution < 1.29 is 9.59 Å². The van der Waals surface area contributed by atoms with Crippen LogP contribution in [0.3, 0.4) is 0 Å². The second kappa shape index (κ2) is 8.67. The number of nitriles is 1. The summed E-state index contributed by atoms with van der Waals surface area (Å²) in [5.41, 5.74) is 13.3. The van der Waals surface area contributed by atoms with Crippen molar-refractivity contribution in [3.8, 4) is 11.8 Å². The summed E-state index contributed by atoms with van der Waals surface area (Å²) >= 11 is 0. The van der Waals surface area contributed by atoms with Crippen LogP contribution in [0.25, 0.3) is 5.69 Å². The number of nitrogen functional groups attached to an aromatic ring is 1. The van der Waals surface area contributed by atoms with E-state index < -0.39 is 5.91 Å². The number of rotatable bonds is 7. The molecule has 146 valence electrons. The molecule has 2 heterocycles. The van der Waals surface area contributed by atoms with Gasteiger partial charge in [0, 0.05) is 12.7 Å². The first-order chi connectivity index (χ1) is 14.0. The molecule has 29 heavy (non-hydrogen) atoms. The van der Waals surface area contributed by atoms with E-state index in [1.54, 1.807) is 4.68 Å². The van der Waals surface area contributed by atoms with Gasteiger partial charge in [-0.05, 0) is 37.1 Å². The van der Waals surface area contributed by atoms with Gasteiger partial charge in [0.15, 0.2) is 0 Å². The molecule has 0 saturated heterocycles. The lowest BCUT2D eigenvalue weighted by Gasteiger charge is -2.05. The number of benzene rings is 1. The molecule has 0 fully saturated rings. The zero-order valence-electron chi connectivity index (χ0n) is 15.5. The Labute approximate surface area is 167 Å². The third kappa shape index (κ3) is 4.39. The quantitative estimate of drug-likeness (QED) is 0.516. The minimum Gasteiger partial charge on any atom is -0.382 e. The van der Waals surface area contributed by atoms with Gasteiger partial charge in [0.25, 0.3) is 11.8 Å². The Morgan fingerprint density at radius 3 is 2.55 bits per heavy atom. The molecule has 1 aromatic carbocycles. The molecule has 0 atom stereocenters. The van der Waals surface area contributed by atoms with E-state index in [1.807, 2.05) is 30.3 Å². The second-order valence-electron chi connectivity index (χ2n) is 6.22. The summed E-state index contributed by atoms with van der Waals surface area (Å²) in [4.78, 5) is 27.0. The van der Waals surface area contributed by atoms with Crippen molar-refractivity contribution in [2.24, 2.45) is 5.73 Å². The Morgan fingerprint density at radius 2 is 1.93 bits per heavy atom. The molecule has 9 nitrogen and oxygen atoms in total. The number of hydrogen-bond acceptors (Lipinski definition) is 6. The number of carbonyl (C=O) groups excluding carboxylic acids is 2. The molecule has 0 bridgehead atoms. The van der Waals surface area contributed by atoms with Gasteiger partial charge in [-0.1, -0.05) is 18.2 Å². The number of amides is 2. The average Bonchev–Trinajstić information content (AvgIpc) is 3.07. The Morgan fingerprint density at radius 1 is 1.17 bits per heavy atom. The van der Waals surface area contributed by atoms with Crippen molar-refractivity contribution >= 4 is 17.6 Å². The minimum atomic E-state index is -0.653. The summed E-state index contributed by atoms with van der Waals surface area (Å²) < 4.78 is 1.54. The van der Waals surface area contributed by atoms with Crippen molar-refractivity contribution in [3.63, 3.8) is 0 Å². The molecule has 0 saturated carbocycles. The van der Waals surface area contributed by atoms with E-state index in [0.29, 0.717) is 42.0 Å². The number of para-hydroxylation sites is 1. The highest BCUT2D eigenvalue weighted by molar-refractivity contribution is 5.95. The molecule has 0 spiro atoms. The van der Waals surface area contributed by atoms with Crippen LogP contribution < -0.4 is 16.8 Å². The van der Waals surface area contributed by atoms with E-state index in [0.717, 1.165) is 5.69 Å². The minimum absolute atomic E-state index is 0.0946. The van der Waals surface area contributed by atoms with E-state index in [9.17, 15) is 14.9 Å². The van der Waals surface area contributed by atoms with Gasteiger partial charge in [0.1, 0.15) is 23.1 Å². The van der Waals surface area contributed by atoms with Crippen LogP contribution in [0.5, 0.6) is 0 Å². The molecular formula is C20H19N7O2. The van der Waals surface area contributed by atoms with Gasteiger partial charge in [-0.3, -0.25) is 14.6 Å². The molecule has 0 aliphatic carbocycles. The summed E-state index contributed by atoms with van der Waals surface area (Å²) in [7, 11) is 0. The number of pyridine rings is 1. The van der Waals surface area contributed by atoms with Gasteiger partial charge in [-0.15, -0.1) is 0 Å². The Kier molecular flexibility index (Phi) is 5.85. The van der Waals surface area contributed by atoms with E-state index in [2.05, 4.69) is 21.5 Å². The number of nitrogens with zero attached hydrogens (tertiary/aromatic N) is 4. The third-order valence-corrected chi connectivity index (χ3v) is 4.26. The SMILES string of the molecule is N#Cc1c(CCCNC(=O)c2ccc(C(N)=O)nc2)nn(-c2ccccc2)c1N. The summed E-state index contributed by atoms with van der Waals surface area (Å²) in [6.45, 7) is 0.374. The maximum atomic E-state index is 12.1. The maximum Gasteiger partial charge on any atom is 0.267 e. The van der Waals surface area contributed by atoms with Gasteiger partial charge >= 0.3 is 0 Å². The molecule has 2 aromatic heterocycles. The van der Waals surface area contributed by atoms with Crippen molar-refractivity contribution in [2.45, 2.75) is 12.8 Å². The highest BCUT2D eigenvalue weighted by Crippen LogP contribution is 2.21. The highest BCUT2D eigenvalue weighted by atomic mass is 16.2. The van der Waals surface area contributed by atoms with Crippen LogP contribution in [-0.4, -0.2) is 33.1 Å². The van der Waals surface area contributed by atoms with E-state index in [4.69, 9.17) is 11.5 Å². The standard InChI is InChI=1S/C20H19N7O2/c21-11-15-16(26-27(18(15)22)14-5-2-1-3-6-14)7-4-10-24-20(29)13-8-9-17(19(23)28)25-12-13/h1-3,5-6,8-9,12H,4,7,10,22H2,(H2,23,28)(H,24,29). The molecule has 9 heteroatoms. The lowest BCUT2D eigenvalue weighted by Crippen LogP contribution is -2.25. The smallest absolute Gasteiger partial charge is 0.267 e. The van der Waals surface area contributed by atoms with Crippen molar-refractivity contribution in [1.29, 1.82) is 5.26 Å². The molecule has 0 radical (unpaired) electrons. The van der Waals surface area contributed by atoms with Crippen LogP contribution in [0.1, 0.15) is 38.5 Å². The molecule has 3 rings (SSSR count). The van der Waals surface area contributed by atoms with Gasteiger partial charge in [0.2, 0.25) is 0 Å². The number of hydrogen-bond donors (Lipinski definition) is 3. The molecule has 3 aromatic rings. The molecule has 0 aliphatic rings. The first kappa shape index (κ1) is 19.6. The second-order valence-corrected chi connectivity index (χ2v) is 6.22. The van der Waals surface area contributed by atoms with Gasteiger partial charge in [-0.2, -0.15) is 10.4 Å². The van der Waals surface area contributed by atoms with Crippen LogP contribution in [-0.2, 0) is 6.42 Å². The summed E-state index contributed by atoms with van der Waals surface area (Å²) in [5, 5.41) is 16.6. The lowest BCUT2D eigenvalue weighted by atomic mass is 10.1. The highest BCUT2D eigenvalue weighted by Gasteiger charge is 2.16. The number of carbonyl (C=O) groups is 2. The van der Waals surface area contributed by atoms with Crippen LogP contribution in [0, 0.1) is 11.3 Å². The number of nitrogens with one attached hydrogen (secondary N) is 1. The van der Waals surface area contributed by atoms with Gasteiger partial charge in [-0.25, -0.2) is 4.68 Å². The van der Waals surface area contributed by atoms with Gasteiger partial charge in [0.05, 0.1) is 16.9 Å². The van der Waals surface area contributed by atoms with Crippen LogP contribution >= 0.6 is 0 Å². The zero-order chi connectivity index (χ0) is 20.8. The lowest BCUT2D eigenvalue weighted by molar-refractivity contribution is 0.0949. The molecule has 5 N–H and O–H groups in total. The Hall–Kier alpha value is -4.19. The average molecular weight is 389 g/mol. The molecule has 0 unspecified atom stereocenters. The fourth-order valence-corrected chi connectivity index (χ4v) is 2.77. The van der Waals surface area contributed by atoms with Gasteiger partial charge < -0.3 is 16.8 Å². The van der Waals surface area contributed by atoms with E-state index >= 15 is 0 Å². The van der Waals surface area contributed by atoms with E-state index in [-0.39, 0.29) is 11.6 Å². The van der Waals surface area contributed by atoms with Crippen molar-refractivity contribution in [3.05, 3.63) is 71.2 Å². The zero-order valence-corrected chi connectivity index (χ0v) is 15.5. The summed E-state index contributed by atoms with van der Waals surface area (Å²) in [6.07, 6.45) is 2.34. The molecule has 2 amide bonds. The summed E-state index contributed by atoms with van der Waals surface area (Å²) in [6, 6.07) is 14.3. The number of nitrogens with two attached hydrogens (primary N) is 2. The number of aromatic nitrogens is 3. The number of aryl methyl sites for hydroxylation is 1. The Balaban J connectivity index is 1.60. The van der Waals surface area contributed by atoms with Crippen LogP contribution in [0.2, 0.25) is 0 Å². The van der Waals surface area contributed by atoms with E-state index in [1.165, 1.54) is 18.3 Å². The fraction of sp³-hybridized carbons (Fsp3) is 0.150. The molecule has 0 aliphatic heterocycles. The number of primary amides is 1. The normalized spacial score (nSPS) is 10.3. The predicted octanol–water partition coefficient (Wildman–Crippen LogP) is 1.18. The predicted molar refractivity (Wildman–Crippen MR) is 106 cm³/mol. The topological polar surface area (TPSA) is 153 Å².